The van der Waals surface area contributed by atoms with Crippen LogP contribution in [0, 0.1) is 5.92 Å². The highest BCUT2D eigenvalue weighted by Crippen LogP contribution is 2.33. The Kier molecular flexibility index (Phi) is 4.38. The lowest BCUT2D eigenvalue weighted by Gasteiger charge is -2.30. The highest BCUT2D eigenvalue weighted by molar-refractivity contribution is 5.94. The van der Waals surface area contributed by atoms with E-state index < -0.39 is 0 Å². The molecule has 1 atom stereocenters. The topological polar surface area (TPSA) is 61.0 Å². The molecule has 0 radical (unpaired) electrons. The van der Waals surface area contributed by atoms with Gasteiger partial charge in [0.15, 0.2) is 5.69 Å². The predicted octanol–water partition coefficient (Wildman–Crippen LogP) is 2.63. The van der Waals surface area contributed by atoms with Crippen LogP contribution in [-0.2, 0) is 13.0 Å². The molecule has 126 valence electrons. The maximum Gasteiger partial charge on any atom is 0.274 e. The lowest BCUT2D eigenvalue weighted by Crippen LogP contribution is -2.38. The van der Waals surface area contributed by atoms with Crippen LogP contribution < -0.4 is 5.32 Å². The minimum absolute atomic E-state index is 0.157. The van der Waals surface area contributed by atoms with Crippen molar-refractivity contribution >= 4 is 5.91 Å². The third-order valence-corrected chi connectivity index (χ3v) is 5.98. The van der Waals surface area contributed by atoms with E-state index in [1.165, 1.54) is 44.9 Å². The number of fused-ring (bicyclic) bond motifs is 1. The minimum atomic E-state index is 0.157. The molecule has 2 fully saturated rings. The molecule has 0 bridgehead atoms. The molecule has 5 nitrogen and oxygen atoms in total. The Bertz CT molecular complexity index is 561. The maximum absolute atomic E-state index is 13.0. The Hall–Kier alpha value is -1.36. The number of carbonyl (C=O) groups excluding carboxylic acids is 1. The summed E-state index contributed by atoms with van der Waals surface area (Å²) in [6, 6.07) is 0.439. The molecule has 23 heavy (non-hydrogen) atoms. The summed E-state index contributed by atoms with van der Waals surface area (Å²) in [5.41, 5.74) is 2.92. The van der Waals surface area contributed by atoms with E-state index in [-0.39, 0.29) is 5.91 Å². The van der Waals surface area contributed by atoms with Crippen molar-refractivity contribution in [3.63, 3.8) is 0 Å². The standard InChI is InChI=1S/C18H28N4O/c23-18(17-15-12-19-9-8-16(15)20-21-17)22-10-4-7-14(22)11-13-5-2-1-3-6-13/h13-14,19H,1-12H2,(H,20,21). The van der Waals surface area contributed by atoms with Gasteiger partial charge in [-0.05, 0) is 25.2 Å². The van der Waals surface area contributed by atoms with Crippen molar-refractivity contribution in [1.29, 1.82) is 0 Å². The fraction of sp³-hybridized carbons (Fsp3) is 0.778. The van der Waals surface area contributed by atoms with Crippen molar-refractivity contribution in [3.8, 4) is 0 Å². The van der Waals surface area contributed by atoms with Crippen molar-refractivity contribution in [2.75, 3.05) is 13.1 Å². The van der Waals surface area contributed by atoms with Gasteiger partial charge in [0, 0.05) is 43.4 Å². The first-order chi connectivity index (χ1) is 11.3. The molecular formula is C18H28N4O. The van der Waals surface area contributed by atoms with Gasteiger partial charge in [-0.25, -0.2) is 0 Å². The zero-order valence-electron chi connectivity index (χ0n) is 13.9. The van der Waals surface area contributed by atoms with E-state index in [1.54, 1.807) is 0 Å². The number of nitrogens with one attached hydrogen (secondary N) is 2. The molecule has 4 rings (SSSR count). The quantitative estimate of drug-likeness (QED) is 0.901. The average Bonchev–Trinajstić information content (AvgIpc) is 3.22. The minimum Gasteiger partial charge on any atom is -0.334 e. The summed E-state index contributed by atoms with van der Waals surface area (Å²) in [6.45, 7) is 2.65. The molecule has 2 aliphatic heterocycles. The summed E-state index contributed by atoms with van der Waals surface area (Å²) in [5.74, 6) is 0.987. The Morgan fingerprint density at radius 1 is 1.17 bits per heavy atom. The van der Waals surface area contributed by atoms with E-state index >= 15 is 0 Å². The molecule has 0 spiro atoms. The van der Waals surface area contributed by atoms with Crippen LogP contribution in [0.2, 0.25) is 0 Å². The van der Waals surface area contributed by atoms with Gasteiger partial charge in [0.05, 0.1) is 0 Å². The zero-order valence-corrected chi connectivity index (χ0v) is 13.9. The Labute approximate surface area is 138 Å². The summed E-state index contributed by atoms with van der Waals surface area (Å²) >= 11 is 0. The van der Waals surface area contributed by atoms with Crippen LogP contribution in [0.25, 0.3) is 0 Å². The predicted molar refractivity (Wildman–Crippen MR) is 89.2 cm³/mol. The largest absolute Gasteiger partial charge is 0.334 e. The van der Waals surface area contributed by atoms with Crippen molar-refractivity contribution < 1.29 is 4.79 Å². The Morgan fingerprint density at radius 3 is 2.91 bits per heavy atom. The molecular weight excluding hydrogens is 288 g/mol. The number of aromatic amines is 1. The first-order valence-electron chi connectivity index (χ1n) is 9.40. The van der Waals surface area contributed by atoms with Crippen LogP contribution in [0.5, 0.6) is 0 Å². The molecule has 1 aromatic rings. The van der Waals surface area contributed by atoms with Gasteiger partial charge in [-0.15, -0.1) is 0 Å². The fourth-order valence-electron chi connectivity index (χ4n) is 4.69. The number of amides is 1. The van der Waals surface area contributed by atoms with Crippen molar-refractivity contribution in [3.05, 3.63) is 17.0 Å². The highest BCUT2D eigenvalue weighted by atomic mass is 16.2. The zero-order chi connectivity index (χ0) is 15.6. The van der Waals surface area contributed by atoms with E-state index in [0.717, 1.165) is 49.7 Å². The van der Waals surface area contributed by atoms with Gasteiger partial charge in [0.2, 0.25) is 0 Å². The van der Waals surface area contributed by atoms with Gasteiger partial charge >= 0.3 is 0 Å². The smallest absolute Gasteiger partial charge is 0.274 e. The third-order valence-electron chi connectivity index (χ3n) is 5.98. The van der Waals surface area contributed by atoms with Crippen molar-refractivity contribution in [2.24, 2.45) is 5.92 Å². The summed E-state index contributed by atoms with van der Waals surface area (Å²) in [7, 11) is 0. The van der Waals surface area contributed by atoms with Gasteiger partial charge in [0.1, 0.15) is 0 Å². The molecule has 1 amide bonds. The van der Waals surface area contributed by atoms with E-state index in [4.69, 9.17) is 0 Å². The fourth-order valence-corrected chi connectivity index (χ4v) is 4.69. The second-order valence-electron chi connectivity index (χ2n) is 7.49. The SMILES string of the molecule is O=C(c1n[nH]c2c1CNCC2)N1CCCC1CC1CCCCC1. The molecule has 1 saturated carbocycles. The number of H-pyrrole nitrogens is 1. The summed E-state index contributed by atoms with van der Waals surface area (Å²) < 4.78 is 0. The number of rotatable bonds is 3. The Balaban J connectivity index is 1.47. The van der Waals surface area contributed by atoms with E-state index in [1.807, 2.05) is 0 Å². The second kappa shape index (κ2) is 6.63. The van der Waals surface area contributed by atoms with Crippen molar-refractivity contribution in [1.82, 2.24) is 20.4 Å². The average molecular weight is 316 g/mol. The summed E-state index contributed by atoms with van der Waals surface area (Å²) in [4.78, 5) is 15.2. The first kappa shape index (κ1) is 15.2. The van der Waals surface area contributed by atoms with Gasteiger partial charge in [0.25, 0.3) is 5.91 Å². The Morgan fingerprint density at radius 2 is 2.04 bits per heavy atom. The van der Waals surface area contributed by atoms with Crippen molar-refractivity contribution in [2.45, 2.75) is 70.4 Å². The lowest BCUT2D eigenvalue weighted by atomic mass is 9.84. The van der Waals surface area contributed by atoms with Crippen LogP contribution in [0.15, 0.2) is 0 Å². The molecule has 1 saturated heterocycles. The molecule has 3 aliphatic rings. The van der Waals surface area contributed by atoms with Gasteiger partial charge < -0.3 is 10.2 Å². The van der Waals surface area contributed by atoms with Crippen LogP contribution in [0.1, 0.15) is 73.1 Å². The van der Waals surface area contributed by atoms with E-state index in [9.17, 15) is 4.79 Å². The highest BCUT2D eigenvalue weighted by Gasteiger charge is 2.34. The molecule has 1 unspecified atom stereocenters. The molecule has 1 aliphatic carbocycles. The molecule has 2 N–H and O–H groups in total. The summed E-state index contributed by atoms with van der Waals surface area (Å²) in [6.07, 6.45) is 11.4. The van der Waals surface area contributed by atoms with Crippen LogP contribution >= 0.6 is 0 Å². The summed E-state index contributed by atoms with van der Waals surface area (Å²) in [5, 5.41) is 10.8. The third kappa shape index (κ3) is 3.03. The number of nitrogens with zero attached hydrogens (tertiary/aromatic N) is 2. The molecule has 1 aromatic heterocycles. The number of likely N-dealkylation sites (tertiary alicyclic amines) is 1. The maximum atomic E-state index is 13.0. The van der Waals surface area contributed by atoms with Gasteiger partial charge in [-0.1, -0.05) is 32.1 Å². The first-order valence-corrected chi connectivity index (χ1v) is 9.40. The van der Waals surface area contributed by atoms with Crippen LogP contribution in [0.3, 0.4) is 0 Å². The van der Waals surface area contributed by atoms with Crippen LogP contribution in [0.4, 0.5) is 0 Å². The second-order valence-corrected chi connectivity index (χ2v) is 7.49. The van der Waals surface area contributed by atoms with Gasteiger partial charge in [-0.3, -0.25) is 9.89 Å². The number of carbonyl (C=O) groups is 1. The number of hydrogen-bond donors (Lipinski definition) is 2. The van der Waals surface area contributed by atoms with E-state index in [2.05, 4.69) is 20.4 Å². The number of aromatic nitrogens is 2. The molecule has 3 heterocycles. The lowest BCUT2D eigenvalue weighted by molar-refractivity contribution is 0.0704. The normalized spacial score (nSPS) is 25.6. The van der Waals surface area contributed by atoms with E-state index in [0.29, 0.717) is 11.7 Å². The number of hydrogen-bond acceptors (Lipinski definition) is 3. The monoisotopic (exact) mass is 316 g/mol. The van der Waals surface area contributed by atoms with Crippen LogP contribution in [-0.4, -0.2) is 40.1 Å². The molecule has 5 heteroatoms. The molecule has 0 aromatic carbocycles. The van der Waals surface area contributed by atoms with Gasteiger partial charge in [-0.2, -0.15) is 5.10 Å².